The minimum absolute atomic E-state index is 0.139. The third-order valence-corrected chi connectivity index (χ3v) is 6.27. The Hall–Kier alpha value is -1.10. The molecule has 0 bridgehead atoms. The SMILES string of the molecule is CN=C(NCCc1csc(C(C)C)n1)N1CC(C)(C)C1(C)C. The summed E-state index contributed by atoms with van der Waals surface area (Å²) >= 11 is 1.76. The van der Waals surface area contributed by atoms with Crippen LogP contribution in [0.3, 0.4) is 0 Å². The van der Waals surface area contributed by atoms with Crippen LogP contribution in [0.25, 0.3) is 0 Å². The van der Waals surface area contributed by atoms with Crippen molar-refractivity contribution in [3.63, 3.8) is 0 Å². The number of hydrogen-bond donors (Lipinski definition) is 1. The Kier molecular flexibility index (Phi) is 4.85. The third-order valence-electron chi connectivity index (χ3n) is 5.08. The highest BCUT2D eigenvalue weighted by Gasteiger charge is 2.53. The van der Waals surface area contributed by atoms with Crippen LogP contribution in [0.1, 0.15) is 58.2 Å². The van der Waals surface area contributed by atoms with Crippen molar-refractivity contribution in [2.45, 2.75) is 59.4 Å². The lowest BCUT2D eigenvalue weighted by Gasteiger charge is -2.62. The smallest absolute Gasteiger partial charge is 0.194 e. The second-order valence-corrected chi connectivity index (χ2v) is 8.47. The van der Waals surface area contributed by atoms with E-state index in [2.05, 4.69) is 67.1 Å². The summed E-state index contributed by atoms with van der Waals surface area (Å²) in [6.45, 7) is 15.5. The molecule has 4 nitrogen and oxygen atoms in total. The van der Waals surface area contributed by atoms with Gasteiger partial charge in [0.2, 0.25) is 0 Å². The van der Waals surface area contributed by atoms with E-state index in [1.165, 1.54) is 10.7 Å². The molecule has 0 radical (unpaired) electrons. The molecule has 1 aliphatic heterocycles. The molecule has 1 aromatic heterocycles. The first kappa shape index (κ1) is 17.3. The zero-order chi connectivity index (χ0) is 16.5. The summed E-state index contributed by atoms with van der Waals surface area (Å²) < 4.78 is 0. The van der Waals surface area contributed by atoms with Gasteiger partial charge in [-0.1, -0.05) is 27.7 Å². The van der Waals surface area contributed by atoms with E-state index in [0.717, 1.165) is 25.5 Å². The minimum atomic E-state index is 0.139. The lowest BCUT2D eigenvalue weighted by molar-refractivity contribution is -0.0666. The number of rotatable bonds is 4. The maximum absolute atomic E-state index is 4.69. The van der Waals surface area contributed by atoms with Gasteiger partial charge >= 0.3 is 0 Å². The number of nitrogens with one attached hydrogen (secondary N) is 1. The molecule has 2 rings (SSSR count). The number of likely N-dealkylation sites (tertiary alicyclic amines) is 1. The van der Waals surface area contributed by atoms with E-state index < -0.39 is 0 Å². The summed E-state index contributed by atoms with van der Waals surface area (Å²) in [5.74, 6) is 1.52. The molecule has 0 atom stereocenters. The van der Waals surface area contributed by atoms with Gasteiger partial charge in [0.15, 0.2) is 5.96 Å². The van der Waals surface area contributed by atoms with Crippen molar-refractivity contribution in [2.75, 3.05) is 20.1 Å². The van der Waals surface area contributed by atoms with Crippen LogP contribution in [0, 0.1) is 5.41 Å². The van der Waals surface area contributed by atoms with E-state index in [1.54, 1.807) is 11.3 Å². The van der Waals surface area contributed by atoms with Gasteiger partial charge in [-0.3, -0.25) is 4.99 Å². The summed E-state index contributed by atoms with van der Waals surface area (Å²) in [5.41, 5.74) is 1.64. The van der Waals surface area contributed by atoms with Gasteiger partial charge in [0.05, 0.1) is 10.7 Å². The van der Waals surface area contributed by atoms with Crippen molar-refractivity contribution in [1.82, 2.24) is 15.2 Å². The zero-order valence-electron chi connectivity index (χ0n) is 15.0. The fourth-order valence-electron chi connectivity index (χ4n) is 2.70. The fraction of sp³-hybridized carbons (Fsp3) is 0.765. The highest BCUT2D eigenvalue weighted by Crippen LogP contribution is 2.46. The molecule has 1 aliphatic rings. The van der Waals surface area contributed by atoms with E-state index in [-0.39, 0.29) is 5.54 Å². The number of hydrogen-bond acceptors (Lipinski definition) is 3. The predicted molar refractivity (Wildman–Crippen MR) is 95.8 cm³/mol. The molecule has 2 heterocycles. The van der Waals surface area contributed by atoms with Gasteiger partial charge in [0.1, 0.15) is 0 Å². The average molecular weight is 323 g/mol. The van der Waals surface area contributed by atoms with E-state index in [9.17, 15) is 0 Å². The molecule has 124 valence electrons. The highest BCUT2D eigenvalue weighted by atomic mass is 32.1. The maximum Gasteiger partial charge on any atom is 0.194 e. The van der Waals surface area contributed by atoms with Gasteiger partial charge in [-0.05, 0) is 13.8 Å². The van der Waals surface area contributed by atoms with E-state index in [1.807, 2.05) is 7.05 Å². The molecule has 1 saturated heterocycles. The van der Waals surface area contributed by atoms with Crippen molar-refractivity contribution in [3.8, 4) is 0 Å². The Labute approximate surface area is 139 Å². The first-order valence-electron chi connectivity index (χ1n) is 8.11. The molecular weight excluding hydrogens is 292 g/mol. The minimum Gasteiger partial charge on any atom is -0.356 e. The average Bonchev–Trinajstić information content (AvgIpc) is 2.90. The summed E-state index contributed by atoms with van der Waals surface area (Å²) in [6.07, 6.45) is 0.944. The number of thiazole rings is 1. The Morgan fingerprint density at radius 3 is 2.55 bits per heavy atom. The lowest BCUT2D eigenvalue weighted by atomic mass is 9.65. The van der Waals surface area contributed by atoms with Crippen LogP contribution in [0.4, 0.5) is 0 Å². The van der Waals surface area contributed by atoms with Gasteiger partial charge in [-0.15, -0.1) is 11.3 Å². The Bertz CT molecular complexity index is 543. The van der Waals surface area contributed by atoms with Crippen LogP contribution in [0.2, 0.25) is 0 Å². The second kappa shape index (κ2) is 6.19. The summed E-state index contributed by atoms with van der Waals surface area (Å²) in [4.78, 5) is 11.5. The molecular formula is C17H30N4S. The van der Waals surface area contributed by atoms with Crippen molar-refractivity contribution in [3.05, 3.63) is 16.1 Å². The van der Waals surface area contributed by atoms with Crippen LogP contribution >= 0.6 is 11.3 Å². The van der Waals surface area contributed by atoms with Gasteiger partial charge < -0.3 is 10.2 Å². The first-order valence-corrected chi connectivity index (χ1v) is 8.99. The normalized spacial score (nSPS) is 20.2. The third kappa shape index (κ3) is 3.14. The number of nitrogens with zero attached hydrogens (tertiary/aromatic N) is 3. The predicted octanol–water partition coefficient (Wildman–Crippen LogP) is 3.50. The van der Waals surface area contributed by atoms with Crippen molar-refractivity contribution in [1.29, 1.82) is 0 Å². The van der Waals surface area contributed by atoms with Crippen molar-refractivity contribution < 1.29 is 0 Å². The topological polar surface area (TPSA) is 40.5 Å². The van der Waals surface area contributed by atoms with Crippen LogP contribution in [-0.2, 0) is 6.42 Å². The molecule has 0 amide bonds. The zero-order valence-corrected chi connectivity index (χ0v) is 15.8. The van der Waals surface area contributed by atoms with Crippen LogP contribution in [0.15, 0.2) is 10.4 Å². The molecule has 1 aromatic rings. The van der Waals surface area contributed by atoms with Gasteiger partial charge in [-0.25, -0.2) is 4.98 Å². The first-order chi connectivity index (χ1) is 10.2. The van der Waals surface area contributed by atoms with Gasteiger partial charge in [0.25, 0.3) is 0 Å². The van der Waals surface area contributed by atoms with Crippen molar-refractivity contribution in [2.24, 2.45) is 10.4 Å². The van der Waals surface area contributed by atoms with Crippen LogP contribution in [0.5, 0.6) is 0 Å². The Balaban J connectivity index is 1.88. The van der Waals surface area contributed by atoms with Gasteiger partial charge in [0, 0.05) is 48.8 Å². The summed E-state index contributed by atoms with van der Waals surface area (Å²) in [6, 6.07) is 0. The monoisotopic (exact) mass is 322 g/mol. The number of aliphatic imine (C=N–C) groups is 1. The molecule has 1 N–H and O–H groups in total. The maximum atomic E-state index is 4.69. The lowest BCUT2D eigenvalue weighted by Crippen LogP contribution is -2.72. The van der Waals surface area contributed by atoms with Crippen LogP contribution in [-0.4, -0.2) is 41.5 Å². The quantitative estimate of drug-likeness (QED) is 0.681. The molecule has 0 aliphatic carbocycles. The summed E-state index contributed by atoms with van der Waals surface area (Å²) in [5, 5.41) is 6.90. The molecule has 0 spiro atoms. The van der Waals surface area contributed by atoms with E-state index >= 15 is 0 Å². The number of aromatic nitrogens is 1. The Morgan fingerprint density at radius 2 is 2.09 bits per heavy atom. The second-order valence-electron chi connectivity index (χ2n) is 7.58. The largest absolute Gasteiger partial charge is 0.356 e. The molecule has 0 unspecified atom stereocenters. The van der Waals surface area contributed by atoms with Gasteiger partial charge in [-0.2, -0.15) is 0 Å². The summed E-state index contributed by atoms with van der Waals surface area (Å²) in [7, 11) is 1.86. The fourth-order valence-corrected chi connectivity index (χ4v) is 3.57. The molecule has 0 aromatic carbocycles. The van der Waals surface area contributed by atoms with E-state index in [4.69, 9.17) is 0 Å². The Morgan fingerprint density at radius 1 is 1.41 bits per heavy atom. The highest BCUT2D eigenvalue weighted by molar-refractivity contribution is 7.09. The molecule has 1 fully saturated rings. The number of guanidine groups is 1. The van der Waals surface area contributed by atoms with E-state index in [0.29, 0.717) is 11.3 Å². The molecule has 5 heteroatoms. The standard InChI is InChI=1S/C17H30N4S/c1-12(2)14-20-13(10-22-14)8-9-19-15(18-7)21-11-16(3,4)17(21,5)6/h10,12H,8-9,11H2,1-7H3,(H,18,19). The van der Waals surface area contributed by atoms with Crippen LogP contribution < -0.4 is 5.32 Å². The molecule has 0 saturated carbocycles. The molecule has 22 heavy (non-hydrogen) atoms. The van der Waals surface area contributed by atoms with Crippen molar-refractivity contribution >= 4 is 17.3 Å².